The molecule has 1 aliphatic rings. The molecule has 0 spiro atoms. The van der Waals surface area contributed by atoms with Crippen LogP contribution in [0.5, 0.6) is 0 Å². The Bertz CT molecular complexity index is 492. The van der Waals surface area contributed by atoms with Gasteiger partial charge in [0, 0.05) is 6.54 Å². The van der Waals surface area contributed by atoms with E-state index in [4.69, 9.17) is 0 Å². The molecule has 1 aromatic carbocycles. The number of hydrogen-bond acceptors (Lipinski definition) is 2. The summed E-state index contributed by atoms with van der Waals surface area (Å²) >= 11 is 0. The SMILES string of the molecule is CC1CCCC(CNC(=O)C(C#N)Cc2ccccc2)C1. The summed E-state index contributed by atoms with van der Waals surface area (Å²) in [7, 11) is 0. The number of carbonyl (C=O) groups is 1. The van der Waals surface area contributed by atoms with E-state index in [1.54, 1.807) is 0 Å². The molecular formula is C18H24N2O. The Morgan fingerprint density at radius 2 is 2.14 bits per heavy atom. The van der Waals surface area contributed by atoms with Gasteiger partial charge in [0.1, 0.15) is 5.92 Å². The number of nitrogens with zero attached hydrogens (tertiary/aromatic N) is 1. The largest absolute Gasteiger partial charge is 0.355 e. The Morgan fingerprint density at radius 1 is 1.38 bits per heavy atom. The fourth-order valence-corrected chi connectivity index (χ4v) is 3.16. The number of nitriles is 1. The van der Waals surface area contributed by atoms with Crippen molar-refractivity contribution in [3.8, 4) is 6.07 Å². The van der Waals surface area contributed by atoms with Gasteiger partial charge in [-0.3, -0.25) is 4.79 Å². The van der Waals surface area contributed by atoms with Gasteiger partial charge in [-0.25, -0.2) is 0 Å². The minimum atomic E-state index is -0.589. The van der Waals surface area contributed by atoms with E-state index in [0.717, 1.165) is 18.0 Å². The fraction of sp³-hybridized carbons (Fsp3) is 0.556. The van der Waals surface area contributed by atoms with Crippen LogP contribution in [-0.2, 0) is 11.2 Å². The summed E-state index contributed by atoms with van der Waals surface area (Å²) in [5, 5.41) is 12.2. The Labute approximate surface area is 127 Å². The Kier molecular flexibility index (Phi) is 5.80. The third-order valence-electron chi connectivity index (χ3n) is 4.36. The van der Waals surface area contributed by atoms with Crippen molar-refractivity contribution in [3.63, 3.8) is 0 Å². The molecule has 112 valence electrons. The van der Waals surface area contributed by atoms with Crippen molar-refractivity contribution >= 4 is 5.91 Å². The minimum Gasteiger partial charge on any atom is -0.355 e. The first-order chi connectivity index (χ1) is 10.2. The number of carbonyl (C=O) groups excluding carboxylic acids is 1. The van der Waals surface area contributed by atoms with Crippen molar-refractivity contribution in [2.45, 2.75) is 39.0 Å². The normalized spacial score (nSPS) is 23.0. The van der Waals surface area contributed by atoms with Gasteiger partial charge < -0.3 is 5.32 Å². The fourth-order valence-electron chi connectivity index (χ4n) is 3.16. The zero-order chi connectivity index (χ0) is 15.1. The van der Waals surface area contributed by atoms with Gasteiger partial charge in [-0.15, -0.1) is 0 Å². The lowest BCUT2D eigenvalue weighted by Gasteiger charge is -2.27. The summed E-state index contributed by atoms with van der Waals surface area (Å²) in [4.78, 5) is 12.2. The zero-order valence-electron chi connectivity index (χ0n) is 12.7. The average molecular weight is 284 g/mol. The van der Waals surface area contributed by atoms with E-state index in [9.17, 15) is 10.1 Å². The second kappa shape index (κ2) is 7.83. The molecule has 0 heterocycles. The van der Waals surface area contributed by atoms with Crippen LogP contribution in [-0.4, -0.2) is 12.5 Å². The first-order valence-electron chi connectivity index (χ1n) is 7.90. The Balaban J connectivity index is 1.82. The van der Waals surface area contributed by atoms with Crippen LogP contribution in [0, 0.1) is 29.1 Å². The van der Waals surface area contributed by atoms with E-state index in [1.807, 2.05) is 30.3 Å². The van der Waals surface area contributed by atoms with Gasteiger partial charge in [0.2, 0.25) is 5.91 Å². The number of nitrogens with one attached hydrogen (secondary N) is 1. The zero-order valence-corrected chi connectivity index (χ0v) is 12.7. The maximum Gasteiger partial charge on any atom is 0.237 e. The molecule has 0 radical (unpaired) electrons. The van der Waals surface area contributed by atoms with Gasteiger partial charge in [0.25, 0.3) is 0 Å². The van der Waals surface area contributed by atoms with Gasteiger partial charge in [0.05, 0.1) is 6.07 Å². The van der Waals surface area contributed by atoms with Crippen LogP contribution in [0.4, 0.5) is 0 Å². The lowest BCUT2D eigenvalue weighted by atomic mass is 9.82. The molecule has 0 aliphatic heterocycles. The second-order valence-corrected chi connectivity index (χ2v) is 6.25. The van der Waals surface area contributed by atoms with Crippen molar-refractivity contribution in [2.75, 3.05) is 6.54 Å². The first kappa shape index (κ1) is 15.6. The van der Waals surface area contributed by atoms with Crippen LogP contribution in [0.1, 0.15) is 38.2 Å². The highest BCUT2D eigenvalue weighted by atomic mass is 16.1. The average Bonchev–Trinajstić information content (AvgIpc) is 2.51. The lowest BCUT2D eigenvalue weighted by Crippen LogP contribution is -2.36. The quantitative estimate of drug-likeness (QED) is 0.902. The molecule has 1 aliphatic carbocycles. The standard InChI is InChI=1S/C18H24N2O/c1-14-6-5-9-16(10-14)13-20-18(21)17(12-19)11-15-7-3-2-4-8-15/h2-4,7-8,14,16-17H,5-6,9-11,13H2,1H3,(H,20,21). The summed E-state index contributed by atoms with van der Waals surface area (Å²) in [6, 6.07) is 11.9. The third kappa shape index (κ3) is 4.90. The third-order valence-corrected chi connectivity index (χ3v) is 4.36. The highest BCUT2D eigenvalue weighted by Crippen LogP contribution is 2.27. The molecule has 1 saturated carbocycles. The van der Waals surface area contributed by atoms with Crippen molar-refractivity contribution in [1.82, 2.24) is 5.32 Å². The van der Waals surface area contributed by atoms with Gasteiger partial charge in [-0.2, -0.15) is 5.26 Å². The molecule has 1 amide bonds. The molecule has 1 fully saturated rings. The van der Waals surface area contributed by atoms with Gasteiger partial charge >= 0.3 is 0 Å². The van der Waals surface area contributed by atoms with Gasteiger partial charge in [-0.1, -0.05) is 50.1 Å². The molecule has 3 unspecified atom stereocenters. The van der Waals surface area contributed by atoms with E-state index in [2.05, 4.69) is 18.3 Å². The van der Waals surface area contributed by atoms with E-state index in [-0.39, 0.29) is 5.91 Å². The van der Waals surface area contributed by atoms with E-state index in [0.29, 0.717) is 12.3 Å². The van der Waals surface area contributed by atoms with Crippen LogP contribution in [0.3, 0.4) is 0 Å². The van der Waals surface area contributed by atoms with Crippen LogP contribution in [0.25, 0.3) is 0 Å². The van der Waals surface area contributed by atoms with E-state index < -0.39 is 5.92 Å². The molecule has 0 bridgehead atoms. The predicted octanol–water partition coefficient (Wildman–Crippen LogP) is 3.31. The predicted molar refractivity (Wildman–Crippen MR) is 83.4 cm³/mol. The maximum atomic E-state index is 12.2. The minimum absolute atomic E-state index is 0.125. The van der Waals surface area contributed by atoms with E-state index >= 15 is 0 Å². The monoisotopic (exact) mass is 284 g/mol. The highest BCUT2D eigenvalue weighted by Gasteiger charge is 2.22. The summed E-state index contributed by atoms with van der Waals surface area (Å²) in [5.41, 5.74) is 1.03. The highest BCUT2D eigenvalue weighted by molar-refractivity contribution is 5.81. The van der Waals surface area contributed by atoms with Crippen molar-refractivity contribution in [3.05, 3.63) is 35.9 Å². The molecular weight excluding hydrogens is 260 g/mol. The number of amides is 1. The summed E-state index contributed by atoms with van der Waals surface area (Å²) in [5.74, 6) is 0.624. The molecule has 21 heavy (non-hydrogen) atoms. The summed E-state index contributed by atoms with van der Waals surface area (Å²) in [6.45, 7) is 3.00. The topological polar surface area (TPSA) is 52.9 Å². The molecule has 3 atom stereocenters. The smallest absolute Gasteiger partial charge is 0.237 e. The molecule has 1 aromatic rings. The number of hydrogen-bond donors (Lipinski definition) is 1. The van der Waals surface area contributed by atoms with Crippen LogP contribution < -0.4 is 5.32 Å². The number of benzene rings is 1. The summed E-state index contributed by atoms with van der Waals surface area (Å²) < 4.78 is 0. The van der Waals surface area contributed by atoms with Crippen LogP contribution >= 0.6 is 0 Å². The molecule has 1 N–H and O–H groups in total. The first-order valence-corrected chi connectivity index (χ1v) is 7.90. The van der Waals surface area contributed by atoms with Crippen LogP contribution in [0.2, 0.25) is 0 Å². The van der Waals surface area contributed by atoms with Crippen LogP contribution in [0.15, 0.2) is 30.3 Å². The molecule has 3 heteroatoms. The molecule has 3 nitrogen and oxygen atoms in total. The van der Waals surface area contributed by atoms with Crippen molar-refractivity contribution in [2.24, 2.45) is 17.8 Å². The second-order valence-electron chi connectivity index (χ2n) is 6.25. The molecule has 2 rings (SSSR count). The number of rotatable bonds is 5. The Morgan fingerprint density at radius 3 is 2.81 bits per heavy atom. The lowest BCUT2D eigenvalue weighted by molar-refractivity contribution is -0.123. The van der Waals surface area contributed by atoms with Gasteiger partial charge in [-0.05, 0) is 36.7 Å². The Hall–Kier alpha value is -1.82. The molecule has 0 aromatic heterocycles. The van der Waals surface area contributed by atoms with Gasteiger partial charge in [0.15, 0.2) is 0 Å². The summed E-state index contributed by atoms with van der Waals surface area (Å²) in [6.07, 6.45) is 5.44. The van der Waals surface area contributed by atoms with Crippen molar-refractivity contribution in [1.29, 1.82) is 5.26 Å². The molecule has 0 saturated heterocycles. The van der Waals surface area contributed by atoms with Crippen molar-refractivity contribution < 1.29 is 4.79 Å². The van der Waals surface area contributed by atoms with E-state index in [1.165, 1.54) is 25.7 Å². The maximum absolute atomic E-state index is 12.2.